The molecule has 152 valence electrons. The highest BCUT2D eigenvalue weighted by atomic mass is 16.5. The Bertz CT molecular complexity index is 1340. The van der Waals surface area contributed by atoms with Crippen molar-refractivity contribution in [3.05, 3.63) is 108 Å². The van der Waals surface area contributed by atoms with Gasteiger partial charge < -0.3 is 4.74 Å². The van der Waals surface area contributed by atoms with Crippen molar-refractivity contribution in [1.29, 1.82) is 0 Å². The highest BCUT2D eigenvalue weighted by molar-refractivity contribution is 6.02. The topological polar surface area (TPSA) is 26.3 Å². The summed E-state index contributed by atoms with van der Waals surface area (Å²) in [5, 5.41) is 7.31. The first-order valence-corrected chi connectivity index (χ1v) is 10.7. The quantitative estimate of drug-likeness (QED) is 0.226. The second-order valence-electron chi connectivity index (χ2n) is 8.00. The third kappa shape index (κ3) is 3.77. The van der Waals surface area contributed by atoms with Crippen LogP contribution in [0.15, 0.2) is 97.1 Å². The molecule has 0 aromatic heterocycles. The lowest BCUT2D eigenvalue weighted by atomic mass is 9.91. The number of ether oxygens (including phenoxy) is 1. The Morgan fingerprint density at radius 1 is 0.710 bits per heavy atom. The number of aryl methyl sites for hydroxylation is 1. The Morgan fingerprint density at radius 3 is 1.90 bits per heavy atom. The van der Waals surface area contributed by atoms with Crippen LogP contribution in [0.3, 0.4) is 0 Å². The normalized spacial score (nSPS) is 12.3. The van der Waals surface area contributed by atoms with E-state index in [1.807, 2.05) is 18.2 Å². The molecule has 0 aliphatic carbocycles. The van der Waals surface area contributed by atoms with Crippen molar-refractivity contribution >= 4 is 38.3 Å². The maximum absolute atomic E-state index is 12.0. The number of carbonyl (C=O) groups excluding carboxylic acids is 1. The van der Waals surface area contributed by atoms with Crippen LogP contribution in [0.4, 0.5) is 0 Å². The number of hydrogen-bond acceptors (Lipinski definition) is 2. The van der Waals surface area contributed by atoms with E-state index in [-0.39, 0.29) is 12.1 Å². The summed E-state index contributed by atoms with van der Waals surface area (Å²) in [6.45, 7) is 1.49. The standard InChI is InChI=1S/C29H24O2/c1-20(30)31-29(28-16-8-12-21-9-2-5-13-24(21)28)18-17-27-25-14-6-3-10-22(25)19-23-11-4-7-15-26(23)27/h2-16,19,29H,17-18H2,1H3. The number of benzene rings is 5. The van der Waals surface area contributed by atoms with Crippen LogP contribution in [-0.2, 0) is 16.0 Å². The highest BCUT2D eigenvalue weighted by Crippen LogP contribution is 2.34. The molecule has 5 aromatic carbocycles. The predicted molar refractivity (Wildman–Crippen MR) is 128 cm³/mol. The molecule has 0 aliphatic heterocycles. The second kappa shape index (κ2) is 8.23. The van der Waals surface area contributed by atoms with Crippen LogP contribution in [0.25, 0.3) is 32.3 Å². The largest absolute Gasteiger partial charge is 0.458 e. The Kier molecular flexibility index (Phi) is 5.13. The van der Waals surface area contributed by atoms with E-state index in [1.165, 1.54) is 34.0 Å². The first-order valence-electron chi connectivity index (χ1n) is 10.7. The minimum Gasteiger partial charge on any atom is -0.458 e. The van der Waals surface area contributed by atoms with Crippen molar-refractivity contribution in [2.45, 2.75) is 25.9 Å². The van der Waals surface area contributed by atoms with Gasteiger partial charge in [-0.05, 0) is 56.8 Å². The summed E-state index contributed by atoms with van der Waals surface area (Å²) >= 11 is 0. The van der Waals surface area contributed by atoms with Crippen LogP contribution in [0.5, 0.6) is 0 Å². The molecule has 0 bridgehead atoms. The summed E-state index contributed by atoms with van der Waals surface area (Å²) < 4.78 is 5.85. The summed E-state index contributed by atoms with van der Waals surface area (Å²) in [4.78, 5) is 12.0. The van der Waals surface area contributed by atoms with E-state index in [1.54, 1.807) is 0 Å². The van der Waals surface area contributed by atoms with Gasteiger partial charge in [-0.15, -0.1) is 0 Å². The molecule has 2 heteroatoms. The fraction of sp³-hybridized carbons (Fsp3) is 0.138. The van der Waals surface area contributed by atoms with Crippen molar-refractivity contribution in [3.8, 4) is 0 Å². The highest BCUT2D eigenvalue weighted by Gasteiger charge is 2.19. The summed E-state index contributed by atoms with van der Waals surface area (Å²) in [6.07, 6.45) is 1.26. The second-order valence-corrected chi connectivity index (χ2v) is 8.00. The Labute approximate surface area is 182 Å². The average molecular weight is 405 g/mol. The zero-order chi connectivity index (χ0) is 21.2. The van der Waals surface area contributed by atoms with Gasteiger partial charge in [-0.25, -0.2) is 0 Å². The third-order valence-corrected chi connectivity index (χ3v) is 6.02. The molecule has 0 spiro atoms. The molecule has 0 N–H and O–H groups in total. The molecule has 2 nitrogen and oxygen atoms in total. The van der Waals surface area contributed by atoms with Gasteiger partial charge in [0.2, 0.25) is 0 Å². The molecule has 0 radical (unpaired) electrons. The maximum atomic E-state index is 12.0. The minimum atomic E-state index is -0.290. The lowest BCUT2D eigenvalue weighted by Crippen LogP contribution is -2.10. The summed E-state index contributed by atoms with van der Waals surface area (Å²) in [5.74, 6) is -0.249. The van der Waals surface area contributed by atoms with Gasteiger partial charge in [0.15, 0.2) is 0 Å². The summed E-state index contributed by atoms with van der Waals surface area (Å²) in [7, 11) is 0. The van der Waals surface area contributed by atoms with Crippen LogP contribution in [0.2, 0.25) is 0 Å². The van der Waals surface area contributed by atoms with Gasteiger partial charge in [-0.2, -0.15) is 0 Å². The maximum Gasteiger partial charge on any atom is 0.303 e. The number of fused-ring (bicyclic) bond motifs is 3. The number of rotatable bonds is 5. The third-order valence-electron chi connectivity index (χ3n) is 6.02. The number of carbonyl (C=O) groups is 1. The van der Waals surface area contributed by atoms with Crippen LogP contribution >= 0.6 is 0 Å². The zero-order valence-electron chi connectivity index (χ0n) is 17.5. The lowest BCUT2D eigenvalue weighted by Gasteiger charge is -2.20. The van der Waals surface area contributed by atoms with Crippen LogP contribution in [0.1, 0.15) is 30.6 Å². The van der Waals surface area contributed by atoms with E-state index in [0.717, 1.165) is 29.2 Å². The van der Waals surface area contributed by atoms with Crippen molar-refractivity contribution in [3.63, 3.8) is 0 Å². The SMILES string of the molecule is CC(=O)OC(CCc1c2ccccc2cc2ccccc12)c1cccc2ccccc12. The zero-order valence-corrected chi connectivity index (χ0v) is 17.5. The van der Waals surface area contributed by atoms with E-state index >= 15 is 0 Å². The molecule has 31 heavy (non-hydrogen) atoms. The Balaban J connectivity index is 1.58. The van der Waals surface area contributed by atoms with E-state index in [9.17, 15) is 4.79 Å². The van der Waals surface area contributed by atoms with Gasteiger partial charge in [-0.1, -0.05) is 91.0 Å². The molecule has 0 saturated carbocycles. The molecule has 0 fully saturated rings. The minimum absolute atomic E-state index is 0.249. The van der Waals surface area contributed by atoms with E-state index in [0.29, 0.717) is 0 Å². The molecule has 0 heterocycles. The molecular formula is C29H24O2. The van der Waals surface area contributed by atoms with Crippen molar-refractivity contribution in [2.24, 2.45) is 0 Å². The molecule has 0 amide bonds. The van der Waals surface area contributed by atoms with Gasteiger partial charge in [0.1, 0.15) is 6.10 Å². The summed E-state index contributed by atoms with van der Waals surface area (Å²) in [5.41, 5.74) is 2.38. The molecule has 1 unspecified atom stereocenters. The molecule has 5 aromatic rings. The Hall–Kier alpha value is -3.65. The first kappa shape index (κ1) is 19.3. The van der Waals surface area contributed by atoms with Gasteiger partial charge in [0.05, 0.1) is 0 Å². The van der Waals surface area contributed by atoms with Crippen LogP contribution in [0, 0.1) is 0 Å². The summed E-state index contributed by atoms with van der Waals surface area (Å²) in [6, 6.07) is 33.8. The fourth-order valence-electron chi connectivity index (χ4n) is 4.66. The average Bonchev–Trinajstić information content (AvgIpc) is 2.80. The van der Waals surface area contributed by atoms with E-state index < -0.39 is 0 Å². The monoisotopic (exact) mass is 404 g/mol. The number of hydrogen-bond donors (Lipinski definition) is 0. The van der Waals surface area contributed by atoms with Crippen molar-refractivity contribution in [2.75, 3.05) is 0 Å². The fourth-order valence-corrected chi connectivity index (χ4v) is 4.66. The molecular weight excluding hydrogens is 380 g/mol. The van der Waals surface area contributed by atoms with Crippen molar-refractivity contribution in [1.82, 2.24) is 0 Å². The smallest absolute Gasteiger partial charge is 0.303 e. The molecule has 5 rings (SSSR count). The number of esters is 1. The van der Waals surface area contributed by atoms with E-state index in [4.69, 9.17) is 4.74 Å². The Morgan fingerprint density at radius 2 is 1.26 bits per heavy atom. The van der Waals surface area contributed by atoms with Crippen molar-refractivity contribution < 1.29 is 9.53 Å². The lowest BCUT2D eigenvalue weighted by molar-refractivity contribution is -0.147. The molecule has 0 aliphatic rings. The van der Waals surface area contributed by atoms with Crippen LogP contribution < -0.4 is 0 Å². The van der Waals surface area contributed by atoms with Crippen LogP contribution in [-0.4, -0.2) is 5.97 Å². The predicted octanol–water partition coefficient (Wildman–Crippen LogP) is 7.38. The molecule has 0 saturated heterocycles. The van der Waals surface area contributed by atoms with Gasteiger partial charge in [0, 0.05) is 12.5 Å². The molecule has 1 atom stereocenters. The van der Waals surface area contributed by atoms with E-state index in [2.05, 4.69) is 78.9 Å². The first-order chi connectivity index (χ1) is 15.2. The van der Waals surface area contributed by atoms with Gasteiger partial charge in [-0.3, -0.25) is 4.79 Å². The van der Waals surface area contributed by atoms with Gasteiger partial charge >= 0.3 is 5.97 Å². The van der Waals surface area contributed by atoms with Gasteiger partial charge in [0.25, 0.3) is 0 Å².